The molecule has 2 aromatic rings. The summed E-state index contributed by atoms with van der Waals surface area (Å²) in [6.07, 6.45) is 3.81. The molecule has 0 amide bonds. The van der Waals surface area contributed by atoms with Crippen LogP contribution in [0.5, 0.6) is 5.88 Å². The summed E-state index contributed by atoms with van der Waals surface area (Å²) in [7, 11) is -5.55. The molecule has 1 aliphatic rings. The van der Waals surface area contributed by atoms with Crippen LogP contribution in [0.15, 0.2) is 24.3 Å². The highest BCUT2D eigenvalue weighted by Crippen LogP contribution is 2.33. The van der Waals surface area contributed by atoms with Crippen LogP contribution in [0.2, 0.25) is 0 Å². The van der Waals surface area contributed by atoms with Gasteiger partial charge in [-0.05, 0) is 37.0 Å². The van der Waals surface area contributed by atoms with Gasteiger partial charge in [0.05, 0.1) is 5.52 Å². The summed E-state index contributed by atoms with van der Waals surface area (Å²) < 4.78 is 68.3. The number of rotatable bonds is 5. The molecule has 1 heterocycles. The number of hydrogen-bond acceptors (Lipinski definition) is 4. The predicted molar refractivity (Wildman–Crippen MR) is 95.8 cm³/mol. The molecule has 0 unspecified atom stereocenters. The maximum Gasteiger partial charge on any atom is 0.516 e. The number of sulfonamides is 1. The average molecular weight is 420 g/mol. The van der Waals surface area contributed by atoms with E-state index in [0.29, 0.717) is 23.4 Å². The minimum absolute atomic E-state index is 0.0453. The fourth-order valence-electron chi connectivity index (χ4n) is 3.51. The third-order valence-corrected chi connectivity index (χ3v) is 5.89. The lowest BCUT2D eigenvalue weighted by atomic mass is 9.89. The smallest absolute Gasteiger partial charge is 0.449 e. The lowest BCUT2D eigenvalue weighted by molar-refractivity contribution is -0.0429. The minimum atomic E-state index is -5.55. The van der Waals surface area contributed by atoms with Gasteiger partial charge in [0, 0.05) is 23.7 Å². The van der Waals surface area contributed by atoms with Crippen LogP contribution in [0.1, 0.15) is 32.1 Å². The van der Waals surface area contributed by atoms with Crippen LogP contribution >= 0.6 is 0 Å². The Morgan fingerprint density at radius 3 is 2.50 bits per heavy atom. The highest BCUT2D eigenvalue weighted by Gasteiger charge is 2.46. The van der Waals surface area contributed by atoms with Crippen LogP contribution in [-0.2, 0) is 16.6 Å². The molecule has 1 aromatic heterocycles. The van der Waals surface area contributed by atoms with Gasteiger partial charge in [-0.1, -0.05) is 19.3 Å². The van der Waals surface area contributed by atoms with E-state index in [1.165, 1.54) is 29.0 Å². The minimum Gasteiger partial charge on any atom is -0.449 e. The molecule has 28 heavy (non-hydrogen) atoms. The number of carboxylic acid groups (broad SMARTS) is 1. The van der Waals surface area contributed by atoms with Gasteiger partial charge in [-0.2, -0.15) is 21.6 Å². The normalized spacial score (nSPS) is 16.2. The van der Waals surface area contributed by atoms with Crippen molar-refractivity contribution in [2.45, 2.75) is 44.2 Å². The molecule has 154 valence electrons. The molecule has 1 aromatic carbocycles. The zero-order valence-electron chi connectivity index (χ0n) is 14.7. The molecule has 1 saturated carbocycles. The highest BCUT2D eigenvalue weighted by molar-refractivity contribution is 7.93. The Kier molecular flexibility index (Phi) is 5.46. The molecule has 0 aliphatic heterocycles. The van der Waals surface area contributed by atoms with Gasteiger partial charge in [0.1, 0.15) is 0 Å². The third kappa shape index (κ3) is 4.34. The van der Waals surface area contributed by atoms with Crippen LogP contribution in [0.25, 0.3) is 10.9 Å². The van der Waals surface area contributed by atoms with Crippen molar-refractivity contribution < 1.29 is 36.2 Å². The Morgan fingerprint density at radius 2 is 1.89 bits per heavy atom. The lowest BCUT2D eigenvalue weighted by Gasteiger charge is -2.23. The second-order valence-electron chi connectivity index (χ2n) is 6.79. The highest BCUT2D eigenvalue weighted by atomic mass is 32.2. The van der Waals surface area contributed by atoms with E-state index < -0.39 is 21.7 Å². The van der Waals surface area contributed by atoms with Crippen LogP contribution < -0.4 is 9.46 Å². The molecule has 3 rings (SSSR count). The van der Waals surface area contributed by atoms with Crippen LogP contribution in [0, 0.1) is 5.92 Å². The van der Waals surface area contributed by atoms with E-state index in [-0.39, 0.29) is 11.6 Å². The molecule has 1 aliphatic carbocycles. The fraction of sp³-hybridized carbons (Fsp3) is 0.471. The van der Waals surface area contributed by atoms with Gasteiger partial charge in [-0.15, -0.1) is 0 Å². The number of nitrogens with one attached hydrogen (secondary N) is 1. The first-order valence-electron chi connectivity index (χ1n) is 8.70. The first kappa shape index (κ1) is 20.3. The standard InChI is InChI=1S/C17H19F3N2O5S/c18-17(19,20)28(25,26)21-13-6-7-14-12(8-13)9-15(27-16(23)24)22(14)10-11-4-2-1-3-5-11/h6-9,11,21H,1-5,10H2,(H,23,24). The molecule has 11 heteroatoms. The number of alkyl halides is 3. The van der Waals surface area contributed by atoms with Crippen molar-refractivity contribution in [3.63, 3.8) is 0 Å². The summed E-state index contributed by atoms with van der Waals surface area (Å²) in [4.78, 5) is 11.0. The van der Waals surface area contributed by atoms with E-state index in [9.17, 15) is 26.4 Å². The van der Waals surface area contributed by atoms with Gasteiger partial charge in [-0.25, -0.2) is 4.79 Å². The SMILES string of the molecule is O=C(O)Oc1cc2cc(NS(=O)(=O)C(F)(F)F)ccc2n1CC1CCCCC1. The van der Waals surface area contributed by atoms with Gasteiger partial charge in [-0.3, -0.25) is 4.72 Å². The second-order valence-corrected chi connectivity index (χ2v) is 8.46. The molecule has 7 nitrogen and oxygen atoms in total. The lowest BCUT2D eigenvalue weighted by Crippen LogP contribution is -2.29. The monoisotopic (exact) mass is 420 g/mol. The first-order chi connectivity index (χ1) is 13.1. The largest absolute Gasteiger partial charge is 0.516 e. The van der Waals surface area contributed by atoms with E-state index in [0.717, 1.165) is 32.1 Å². The van der Waals surface area contributed by atoms with Crippen molar-refractivity contribution in [2.24, 2.45) is 5.92 Å². The number of hydrogen-bond donors (Lipinski definition) is 2. The molecular formula is C17H19F3N2O5S. The zero-order valence-corrected chi connectivity index (χ0v) is 15.5. The average Bonchev–Trinajstić information content (AvgIpc) is 2.90. The predicted octanol–water partition coefficient (Wildman–Crippen LogP) is 4.54. The maximum atomic E-state index is 12.6. The summed E-state index contributed by atoms with van der Waals surface area (Å²) >= 11 is 0. The van der Waals surface area contributed by atoms with Crippen molar-refractivity contribution in [2.75, 3.05) is 4.72 Å². The van der Waals surface area contributed by atoms with Gasteiger partial charge >= 0.3 is 21.7 Å². The number of anilines is 1. The van der Waals surface area contributed by atoms with E-state index >= 15 is 0 Å². The Morgan fingerprint density at radius 1 is 1.21 bits per heavy atom. The molecule has 0 bridgehead atoms. The summed E-state index contributed by atoms with van der Waals surface area (Å²) in [6.45, 7) is 0.514. The summed E-state index contributed by atoms with van der Waals surface area (Å²) in [5.74, 6) is 0.382. The first-order valence-corrected chi connectivity index (χ1v) is 10.2. The topological polar surface area (TPSA) is 97.6 Å². The van der Waals surface area contributed by atoms with E-state index in [1.807, 2.05) is 0 Å². The van der Waals surface area contributed by atoms with Crippen LogP contribution in [0.4, 0.5) is 23.7 Å². The number of ether oxygens (including phenoxy) is 1. The molecule has 0 spiro atoms. The summed E-state index contributed by atoms with van der Waals surface area (Å²) in [6, 6.07) is 5.23. The maximum absolute atomic E-state index is 12.6. The summed E-state index contributed by atoms with van der Waals surface area (Å²) in [5.41, 5.74) is -5.16. The third-order valence-electron chi connectivity index (χ3n) is 4.78. The number of carbonyl (C=O) groups is 1. The fourth-order valence-corrected chi connectivity index (χ4v) is 4.07. The number of benzene rings is 1. The Labute approximate surface area is 159 Å². The van der Waals surface area contributed by atoms with Crippen molar-refractivity contribution in [3.8, 4) is 5.88 Å². The molecule has 2 N–H and O–H groups in total. The molecule has 0 radical (unpaired) electrons. The Balaban J connectivity index is 1.96. The Hall–Kier alpha value is -2.43. The van der Waals surface area contributed by atoms with E-state index in [4.69, 9.17) is 9.84 Å². The zero-order chi connectivity index (χ0) is 20.5. The van der Waals surface area contributed by atoms with Crippen molar-refractivity contribution >= 4 is 32.8 Å². The quantitative estimate of drug-likeness (QED) is 0.692. The number of aromatic nitrogens is 1. The number of nitrogens with zero attached hydrogens (tertiary/aromatic N) is 1. The van der Waals surface area contributed by atoms with Gasteiger partial charge in [0.15, 0.2) is 0 Å². The number of fused-ring (bicyclic) bond motifs is 1. The van der Waals surface area contributed by atoms with Crippen molar-refractivity contribution in [1.29, 1.82) is 0 Å². The second kappa shape index (κ2) is 7.53. The van der Waals surface area contributed by atoms with Gasteiger partial charge in [0.2, 0.25) is 5.88 Å². The molecular weight excluding hydrogens is 401 g/mol. The Bertz CT molecular complexity index is 979. The molecule has 0 atom stereocenters. The molecule has 0 saturated heterocycles. The number of halogens is 3. The van der Waals surface area contributed by atoms with Crippen molar-refractivity contribution in [3.05, 3.63) is 24.3 Å². The van der Waals surface area contributed by atoms with E-state index in [2.05, 4.69) is 0 Å². The van der Waals surface area contributed by atoms with Crippen LogP contribution in [-0.4, -0.2) is 29.8 Å². The van der Waals surface area contributed by atoms with Gasteiger partial charge < -0.3 is 14.4 Å². The summed E-state index contributed by atoms with van der Waals surface area (Å²) in [5, 5.41) is 9.34. The van der Waals surface area contributed by atoms with Gasteiger partial charge in [0.25, 0.3) is 0 Å². The van der Waals surface area contributed by atoms with E-state index in [1.54, 1.807) is 4.57 Å². The van der Waals surface area contributed by atoms with Crippen molar-refractivity contribution in [1.82, 2.24) is 4.57 Å². The molecule has 1 fully saturated rings. The van der Waals surface area contributed by atoms with Crippen LogP contribution in [0.3, 0.4) is 0 Å².